The van der Waals surface area contributed by atoms with Crippen molar-refractivity contribution in [1.29, 1.82) is 0 Å². The van der Waals surface area contributed by atoms with Gasteiger partial charge in [0.25, 0.3) is 0 Å². The molecule has 0 radical (unpaired) electrons. The lowest BCUT2D eigenvalue weighted by molar-refractivity contribution is 0.210. The number of rotatable bonds is 4. The summed E-state index contributed by atoms with van der Waals surface area (Å²) in [6.45, 7) is 3.70. The fraction of sp³-hybridized carbons (Fsp3) is 0.688. The molecule has 1 aromatic rings. The van der Waals surface area contributed by atoms with Crippen molar-refractivity contribution in [1.82, 2.24) is 15.2 Å². The molecule has 1 N–H and O–H groups in total. The van der Waals surface area contributed by atoms with Crippen LogP contribution in [0.15, 0.2) is 18.3 Å². The average molecular weight is 259 g/mol. The van der Waals surface area contributed by atoms with Crippen LogP contribution >= 0.6 is 0 Å². The van der Waals surface area contributed by atoms with Gasteiger partial charge in [0, 0.05) is 6.20 Å². The third-order valence-electron chi connectivity index (χ3n) is 4.74. The lowest BCUT2D eigenvalue weighted by Crippen LogP contribution is -2.32. The summed E-state index contributed by atoms with van der Waals surface area (Å²) in [6, 6.07) is 4.78. The van der Waals surface area contributed by atoms with Crippen LogP contribution < -0.4 is 5.32 Å². The summed E-state index contributed by atoms with van der Waals surface area (Å²) < 4.78 is 0. The van der Waals surface area contributed by atoms with E-state index >= 15 is 0 Å². The predicted octanol–water partition coefficient (Wildman–Crippen LogP) is 2.39. The molecular formula is C16H25N3. The van der Waals surface area contributed by atoms with Crippen molar-refractivity contribution in [2.45, 2.75) is 38.1 Å². The first-order chi connectivity index (χ1) is 9.33. The highest BCUT2D eigenvalue weighted by Gasteiger charge is 2.23. The molecule has 2 heterocycles. The summed E-state index contributed by atoms with van der Waals surface area (Å²) in [4.78, 5) is 6.99. The molecule has 1 atom stereocenters. The van der Waals surface area contributed by atoms with E-state index in [1.54, 1.807) is 0 Å². The summed E-state index contributed by atoms with van der Waals surface area (Å²) in [6.07, 6.45) is 8.41. The van der Waals surface area contributed by atoms with Crippen LogP contribution in [0.3, 0.4) is 0 Å². The minimum atomic E-state index is 0.502. The van der Waals surface area contributed by atoms with Crippen molar-refractivity contribution in [2.75, 3.05) is 26.7 Å². The predicted molar refractivity (Wildman–Crippen MR) is 78.1 cm³/mol. The third-order valence-corrected chi connectivity index (χ3v) is 4.74. The van der Waals surface area contributed by atoms with Crippen molar-refractivity contribution < 1.29 is 0 Å². The van der Waals surface area contributed by atoms with Gasteiger partial charge in [0.15, 0.2) is 0 Å². The van der Waals surface area contributed by atoms with Gasteiger partial charge in [-0.2, -0.15) is 0 Å². The Balaban J connectivity index is 1.44. The van der Waals surface area contributed by atoms with Gasteiger partial charge in [-0.1, -0.05) is 6.07 Å². The first-order valence-corrected chi connectivity index (χ1v) is 7.68. The Bertz CT molecular complexity index is 410. The van der Waals surface area contributed by atoms with Gasteiger partial charge in [-0.3, -0.25) is 4.98 Å². The molecule has 1 aliphatic heterocycles. The van der Waals surface area contributed by atoms with Crippen LogP contribution in [0.1, 0.15) is 43.0 Å². The van der Waals surface area contributed by atoms with Gasteiger partial charge in [0.2, 0.25) is 0 Å². The average Bonchev–Trinajstić information content (AvgIpc) is 2.85. The molecule has 1 fully saturated rings. The zero-order valence-corrected chi connectivity index (χ0v) is 11.9. The van der Waals surface area contributed by atoms with E-state index in [1.807, 2.05) is 6.20 Å². The maximum atomic E-state index is 4.55. The molecule has 3 rings (SSSR count). The topological polar surface area (TPSA) is 28.2 Å². The molecule has 104 valence electrons. The zero-order valence-electron chi connectivity index (χ0n) is 11.9. The SMILES string of the molecule is CN1CCC(CCNC2CCc3cccnc32)CC1. The maximum Gasteiger partial charge on any atom is 0.0605 e. The standard InChI is InChI=1S/C16H25N3/c1-19-11-7-13(8-12-19)6-10-17-15-5-4-14-3-2-9-18-16(14)15/h2-3,9,13,15,17H,4-8,10-12H2,1H3. The number of nitrogens with zero attached hydrogens (tertiary/aromatic N) is 2. The van der Waals surface area contributed by atoms with Gasteiger partial charge in [0.1, 0.15) is 0 Å². The Morgan fingerprint density at radius 2 is 2.16 bits per heavy atom. The molecule has 1 saturated heterocycles. The first-order valence-electron chi connectivity index (χ1n) is 7.68. The molecule has 0 bridgehead atoms. The largest absolute Gasteiger partial charge is 0.309 e. The molecule has 0 aromatic carbocycles. The summed E-state index contributed by atoms with van der Waals surface area (Å²) in [5.41, 5.74) is 2.74. The van der Waals surface area contributed by atoms with Crippen LogP contribution in [0.5, 0.6) is 0 Å². The Labute approximate surface area is 116 Å². The summed E-state index contributed by atoms with van der Waals surface area (Å²) >= 11 is 0. The van der Waals surface area contributed by atoms with Crippen LogP contribution in [0.25, 0.3) is 0 Å². The number of hydrogen-bond acceptors (Lipinski definition) is 3. The van der Waals surface area contributed by atoms with Crippen LogP contribution in [0.4, 0.5) is 0 Å². The number of fused-ring (bicyclic) bond motifs is 1. The molecule has 1 aromatic heterocycles. The zero-order chi connectivity index (χ0) is 13.1. The quantitative estimate of drug-likeness (QED) is 0.900. The number of hydrogen-bond donors (Lipinski definition) is 1. The number of likely N-dealkylation sites (tertiary alicyclic amines) is 1. The summed E-state index contributed by atoms with van der Waals surface area (Å²) in [5, 5.41) is 3.72. The van der Waals surface area contributed by atoms with Gasteiger partial charge < -0.3 is 10.2 Å². The molecule has 3 heteroatoms. The van der Waals surface area contributed by atoms with Gasteiger partial charge >= 0.3 is 0 Å². The van der Waals surface area contributed by atoms with Crippen LogP contribution in [-0.4, -0.2) is 36.6 Å². The Hall–Kier alpha value is -0.930. The highest BCUT2D eigenvalue weighted by molar-refractivity contribution is 5.27. The first kappa shape index (κ1) is 13.1. The highest BCUT2D eigenvalue weighted by Crippen LogP contribution is 2.29. The molecular weight excluding hydrogens is 234 g/mol. The van der Waals surface area contributed by atoms with Crippen molar-refractivity contribution in [3.63, 3.8) is 0 Å². The van der Waals surface area contributed by atoms with Gasteiger partial charge in [-0.05, 0) is 76.3 Å². The number of piperidine rings is 1. The van der Waals surface area contributed by atoms with E-state index in [0.29, 0.717) is 6.04 Å². The Morgan fingerprint density at radius 3 is 3.00 bits per heavy atom. The summed E-state index contributed by atoms with van der Waals surface area (Å²) in [5.74, 6) is 0.924. The van der Waals surface area contributed by atoms with E-state index in [-0.39, 0.29) is 0 Å². The number of aryl methyl sites for hydroxylation is 1. The van der Waals surface area contributed by atoms with Gasteiger partial charge in [0.05, 0.1) is 11.7 Å². The lowest BCUT2D eigenvalue weighted by atomic mass is 9.94. The van der Waals surface area contributed by atoms with E-state index in [4.69, 9.17) is 0 Å². The second-order valence-corrected chi connectivity index (χ2v) is 6.13. The van der Waals surface area contributed by atoms with Crippen molar-refractivity contribution in [2.24, 2.45) is 5.92 Å². The second kappa shape index (κ2) is 6.02. The smallest absolute Gasteiger partial charge is 0.0605 e. The second-order valence-electron chi connectivity index (χ2n) is 6.13. The van der Waals surface area contributed by atoms with Crippen LogP contribution in [0, 0.1) is 5.92 Å². The minimum absolute atomic E-state index is 0.502. The minimum Gasteiger partial charge on any atom is -0.309 e. The molecule has 1 aliphatic carbocycles. The number of aromatic nitrogens is 1. The number of nitrogens with one attached hydrogen (secondary N) is 1. The molecule has 3 nitrogen and oxygen atoms in total. The van der Waals surface area contributed by atoms with Gasteiger partial charge in [-0.15, -0.1) is 0 Å². The van der Waals surface area contributed by atoms with Crippen molar-refractivity contribution in [3.05, 3.63) is 29.6 Å². The van der Waals surface area contributed by atoms with E-state index in [1.165, 1.54) is 56.5 Å². The van der Waals surface area contributed by atoms with E-state index in [2.05, 4.69) is 34.4 Å². The number of pyridine rings is 1. The Morgan fingerprint density at radius 1 is 1.32 bits per heavy atom. The lowest BCUT2D eigenvalue weighted by Gasteiger charge is -2.29. The van der Waals surface area contributed by atoms with Crippen LogP contribution in [-0.2, 0) is 6.42 Å². The fourth-order valence-electron chi connectivity index (χ4n) is 3.42. The van der Waals surface area contributed by atoms with E-state index < -0.39 is 0 Å². The van der Waals surface area contributed by atoms with Crippen molar-refractivity contribution >= 4 is 0 Å². The van der Waals surface area contributed by atoms with E-state index in [0.717, 1.165) is 12.5 Å². The van der Waals surface area contributed by atoms with Crippen molar-refractivity contribution in [3.8, 4) is 0 Å². The molecule has 0 spiro atoms. The third kappa shape index (κ3) is 3.15. The molecule has 2 aliphatic rings. The Kier molecular flexibility index (Phi) is 4.14. The van der Waals surface area contributed by atoms with Gasteiger partial charge in [-0.25, -0.2) is 0 Å². The fourth-order valence-corrected chi connectivity index (χ4v) is 3.42. The molecule has 0 amide bonds. The highest BCUT2D eigenvalue weighted by atomic mass is 15.1. The summed E-state index contributed by atoms with van der Waals surface area (Å²) in [7, 11) is 2.23. The maximum absolute atomic E-state index is 4.55. The molecule has 0 saturated carbocycles. The van der Waals surface area contributed by atoms with Crippen LogP contribution in [0.2, 0.25) is 0 Å². The van der Waals surface area contributed by atoms with E-state index in [9.17, 15) is 0 Å². The monoisotopic (exact) mass is 259 g/mol. The molecule has 19 heavy (non-hydrogen) atoms. The molecule has 1 unspecified atom stereocenters. The normalized spacial score (nSPS) is 24.6.